The molecule has 2 heterocycles. The standard InChI is InChI=1S/C37H32N4O6/c1-23-18-24(16-17-29(23)39-34(42)27-14-8-9-15-28(27)36(44)45)20-40-22-38-30-21-41(32(37(46)47)19-31(30)40)35(43)33(25-10-4-2-5-11-25)26-12-6-3-7-13-26/h2-18,22,32-33H,19-21H2,1H3,(H,39,42)(H,44,45)(H,46,47)/t32-/m0/s1. The third kappa shape index (κ3) is 6.39. The van der Waals surface area contributed by atoms with Crippen LogP contribution in [0, 0.1) is 6.92 Å². The summed E-state index contributed by atoms with van der Waals surface area (Å²) < 4.78 is 1.90. The fourth-order valence-electron chi connectivity index (χ4n) is 6.12. The van der Waals surface area contributed by atoms with E-state index in [1.165, 1.54) is 17.0 Å². The lowest BCUT2D eigenvalue weighted by Gasteiger charge is -2.35. The Morgan fingerprint density at radius 1 is 0.851 bits per heavy atom. The molecule has 0 fully saturated rings. The van der Waals surface area contributed by atoms with Crippen LogP contribution in [0.25, 0.3) is 0 Å². The average Bonchev–Trinajstić information content (AvgIpc) is 3.47. The number of aromatic nitrogens is 2. The SMILES string of the molecule is Cc1cc(Cn2cnc3c2C[C@@H](C(=O)O)N(C(=O)C(c2ccccc2)c2ccccc2)C3)ccc1NC(=O)c1ccccc1C(=O)O. The number of fused-ring (bicyclic) bond motifs is 1. The molecular weight excluding hydrogens is 596 g/mol. The summed E-state index contributed by atoms with van der Waals surface area (Å²) in [5, 5.41) is 22.5. The van der Waals surface area contributed by atoms with Crippen LogP contribution in [-0.4, -0.2) is 54.5 Å². The highest BCUT2D eigenvalue weighted by Gasteiger charge is 2.40. The number of imidazole rings is 1. The smallest absolute Gasteiger partial charge is 0.336 e. The maximum atomic E-state index is 14.2. The Morgan fingerprint density at radius 3 is 2.06 bits per heavy atom. The topological polar surface area (TPSA) is 142 Å². The molecule has 236 valence electrons. The molecule has 10 heteroatoms. The van der Waals surface area contributed by atoms with Crippen molar-refractivity contribution in [1.82, 2.24) is 14.5 Å². The zero-order chi connectivity index (χ0) is 33.1. The maximum absolute atomic E-state index is 14.2. The van der Waals surface area contributed by atoms with E-state index < -0.39 is 29.8 Å². The van der Waals surface area contributed by atoms with Crippen LogP contribution in [0.5, 0.6) is 0 Å². The normalized spacial score (nSPS) is 14.0. The van der Waals surface area contributed by atoms with Gasteiger partial charge in [-0.25, -0.2) is 14.6 Å². The van der Waals surface area contributed by atoms with E-state index in [0.29, 0.717) is 17.9 Å². The predicted molar refractivity (Wildman–Crippen MR) is 174 cm³/mol. The number of aryl methyl sites for hydroxylation is 1. The first-order chi connectivity index (χ1) is 22.7. The van der Waals surface area contributed by atoms with E-state index in [9.17, 15) is 29.4 Å². The van der Waals surface area contributed by atoms with Gasteiger partial charge in [-0.1, -0.05) is 84.9 Å². The van der Waals surface area contributed by atoms with Gasteiger partial charge in [0.2, 0.25) is 5.91 Å². The molecule has 0 saturated heterocycles. The first kappa shape index (κ1) is 31.0. The van der Waals surface area contributed by atoms with E-state index in [0.717, 1.165) is 27.9 Å². The first-order valence-electron chi connectivity index (χ1n) is 15.1. The van der Waals surface area contributed by atoms with Crippen LogP contribution in [0.4, 0.5) is 5.69 Å². The number of carboxylic acids is 2. The molecule has 0 radical (unpaired) electrons. The van der Waals surface area contributed by atoms with Crippen molar-refractivity contribution in [2.45, 2.75) is 38.4 Å². The maximum Gasteiger partial charge on any atom is 0.336 e. The summed E-state index contributed by atoms with van der Waals surface area (Å²) >= 11 is 0. The Balaban J connectivity index is 1.22. The lowest BCUT2D eigenvalue weighted by Crippen LogP contribution is -2.50. The van der Waals surface area contributed by atoms with Crippen LogP contribution >= 0.6 is 0 Å². The van der Waals surface area contributed by atoms with Gasteiger partial charge in [0.25, 0.3) is 5.91 Å². The van der Waals surface area contributed by atoms with Gasteiger partial charge in [-0.05, 0) is 47.4 Å². The van der Waals surface area contributed by atoms with Crippen LogP contribution in [0.15, 0.2) is 109 Å². The van der Waals surface area contributed by atoms with Crippen LogP contribution < -0.4 is 5.32 Å². The molecule has 10 nitrogen and oxygen atoms in total. The van der Waals surface area contributed by atoms with Gasteiger partial charge in [0.15, 0.2) is 0 Å². The van der Waals surface area contributed by atoms with E-state index >= 15 is 0 Å². The molecular formula is C37H32N4O6. The summed E-state index contributed by atoms with van der Waals surface area (Å²) in [5.74, 6) is -3.76. The lowest BCUT2D eigenvalue weighted by atomic mass is 9.88. The van der Waals surface area contributed by atoms with Crippen molar-refractivity contribution < 1.29 is 29.4 Å². The van der Waals surface area contributed by atoms with Gasteiger partial charge in [0, 0.05) is 24.3 Å². The molecule has 0 saturated carbocycles. The molecule has 0 unspecified atom stereocenters. The number of rotatable bonds is 9. The quantitative estimate of drug-likeness (QED) is 0.200. The second kappa shape index (κ2) is 13.1. The summed E-state index contributed by atoms with van der Waals surface area (Å²) in [4.78, 5) is 57.3. The van der Waals surface area contributed by atoms with Crippen molar-refractivity contribution >= 4 is 29.4 Å². The zero-order valence-corrected chi connectivity index (χ0v) is 25.5. The number of carbonyl (C=O) groups excluding carboxylic acids is 2. The molecule has 0 spiro atoms. The number of carboxylic acid groups (broad SMARTS) is 2. The molecule has 1 aliphatic rings. The van der Waals surface area contributed by atoms with Crippen LogP contribution in [0.1, 0.15) is 60.3 Å². The van der Waals surface area contributed by atoms with Gasteiger partial charge >= 0.3 is 11.9 Å². The monoisotopic (exact) mass is 628 g/mol. The van der Waals surface area contributed by atoms with Crippen molar-refractivity contribution in [3.05, 3.63) is 154 Å². The van der Waals surface area contributed by atoms with Gasteiger partial charge < -0.3 is 25.0 Å². The van der Waals surface area contributed by atoms with Crippen LogP contribution in [0.3, 0.4) is 0 Å². The highest BCUT2D eigenvalue weighted by molar-refractivity contribution is 6.10. The van der Waals surface area contributed by atoms with Crippen LogP contribution in [-0.2, 0) is 29.1 Å². The summed E-state index contributed by atoms with van der Waals surface area (Å²) in [5.41, 5.74) is 5.14. The highest BCUT2D eigenvalue weighted by atomic mass is 16.4. The van der Waals surface area contributed by atoms with Gasteiger partial charge in [-0.15, -0.1) is 0 Å². The summed E-state index contributed by atoms with van der Waals surface area (Å²) in [6.45, 7) is 2.30. The molecule has 0 bridgehead atoms. The Bertz CT molecular complexity index is 1930. The highest BCUT2D eigenvalue weighted by Crippen LogP contribution is 2.32. The van der Waals surface area contributed by atoms with Gasteiger partial charge in [0.05, 0.1) is 35.6 Å². The van der Waals surface area contributed by atoms with Gasteiger partial charge in [-0.3, -0.25) is 9.59 Å². The Morgan fingerprint density at radius 2 is 1.47 bits per heavy atom. The minimum absolute atomic E-state index is 0.0629. The number of anilines is 1. The Kier molecular flexibility index (Phi) is 8.66. The Hall–Kier alpha value is -6.03. The first-order valence-corrected chi connectivity index (χ1v) is 15.1. The summed E-state index contributed by atoms with van der Waals surface area (Å²) in [6.07, 6.45) is 1.76. The van der Waals surface area contributed by atoms with E-state index in [2.05, 4.69) is 10.3 Å². The molecule has 1 aliphatic heterocycles. The molecule has 5 aromatic rings. The number of hydrogen-bond donors (Lipinski definition) is 3. The van der Waals surface area contributed by atoms with Gasteiger partial charge in [-0.2, -0.15) is 0 Å². The zero-order valence-electron chi connectivity index (χ0n) is 25.5. The van der Waals surface area contributed by atoms with E-state index in [1.54, 1.807) is 24.5 Å². The summed E-state index contributed by atoms with van der Waals surface area (Å²) in [6, 6.07) is 29.2. The number of nitrogens with zero attached hydrogens (tertiary/aromatic N) is 3. The van der Waals surface area contributed by atoms with E-state index in [1.807, 2.05) is 84.3 Å². The largest absolute Gasteiger partial charge is 0.480 e. The van der Waals surface area contributed by atoms with E-state index in [4.69, 9.17) is 0 Å². The van der Waals surface area contributed by atoms with Crippen molar-refractivity contribution in [2.75, 3.05) is 5.32 Å². The minimum atomic E-state index is -1.18. The average molecular weight is 629 g/mol. The number of amides is 2. The number of hydrogen-bond acceptors (Lipinski definition) is 5. The van der Waals surface area contributed by atoms with E-state index in [-0.39, 0.29) is 30.0 Å². The Labute approximate surface area is 270 Å². The molecule has 47 heavy (non-hydrogen) atoms. The molecule has 6 rings (SSSR count). The predicted octanol–water partition coefficient (Wildman–Crippen LogP) is 5.36. The third-order valence-corrected chi connectivity index (χ3v) is 8.49. The molecule has 1 aromatic heterocycles. The van der Waals surface area contributed by atoms with Crippen LogP contribution in [0.2, 0.25) is 0 Å². The molecule has 0 aliphatic carbocycles. The van der Waals surface area contributed by atoms with Crippen molar-refractivity contribution in [1.29, 1.82) is 0 Å². The third-order valence-electron chi connectivity index (χ3n) is 8.49. The molecule has 4 aromatic carbocycles. The molecule has 2 amide bonds. The van der Waals surface area contributed by atoms with Crippen molar-refractivity contribution in [3.8, 4) is 0 Å². The number of benzene rings is 4. The fourth-order valence-corrected chi connectivity index (χ4v) is 6.12. The summed E-state index contributed by atoms with van der Waals surface area (Å²) in [7, 11) is 0. The minimum Gasteiger partial charge on any atom is -0.480 e. The lowest BCUT2D eigenvalue weighted by molar-refractivity contribution is -0.151. The molecule has 3 N–H and O–H groups in total. The second-order valence-electron chi connectivity index (χ2n) is 11.5. The van der Waals surface area contributed by atoms with Gasteiger partial charge in [0.1, 0.15) is 6.04 Å². The number of aromatic carboxylic acids is 1. The fraction of sp³-hybridized carbons (Fsp3) is 0.162. The second-order valence-corrected chi connectivity index (χ2v) is 11.5. The number of carbonyl (C=O) groups is 4. The number of aliphatic carboxylic acids is 1. The number of nitrogens with one attached hydrogen (secondary N) is 1. The molecule has 1 atom stereocenters. The van der Waals surface area contributed by atoms with Crippen molar-refractivity contribution in [2.24, 2.45) is 0 Å². The van der Waals surface area contributed by atoms with Crippen molar-refractivity contribution in [3.63, 3.8) is 0 Å².